The zero-order valence-corrected chi connectivity index (χ0v) is 15.4. The Morgan fingerprint density at radius 1 is 1.00 bits per heavy atom. The van der Waals surface area contributed by atoms with Crippen LogP contribution in [0.2, 0.25) is 0 Å². The van der Waals surface area contributed by atoms with Crippen LogP contribution in [-0.2, 0) is 24.1 Å². The molecular formula is C22H26N2O2. The van der Waals surface area contributed by atoms with Crippen LogP contribution in [0.4, 0.5) is 5.69 Å². The summed E-state index contributed by atoms with van der Waals surface area (Å²) in [4.78, 5) is 17.0. The SMILES string of the molecule is COc1ccccc1N1CCN(C(=O)Cc2ccc3c(c2)CCC3)CC1. The van der Waals surface area contributed by atoms with E-state index in [9.17, 15) is 4.79 Å². The third kappa shape index (κ3) is 3.41. The minimum Gasteiger partial charge on any atom is -0.495 e. The van der Waals surface area contributed by atoms with Gasteiger partial charge in [0.05, 0.1) is 19.2 Å². The zero-order chi connectivity index (χ0) is 17.9. The Labute approximate surface area is 155 Å². The van der Waals surface area contributed by atoms with Crippen molar-refractivity contribution in [2.75, 3.05) is 38.2 Å². The molecule has 1 aliphatic carbocycles. The molecule has 136 valence electrons. The summed E-state index contributed by atoms with van der Waals surface area (Å²) in [7, 11) is 1.70. The van der Waals surface area contributed by atoms with Gasteiger partial charge in [-0.2, -0.15) is 0 Å². The molecule has 4 nitrogen and oxygen atoms in total. The van der Waals surface area contributed by atoms with Gasteiger partial charge in [-0.15, -0.1) is 0 Å². The largest absolute Gasteiger partial charge is 0.495 e. The number of carbonyl (C=O) groups is 1. The van der Waals surface area contributed by atoms with E-state index in [4.69, 9.17) is 4.74 Å². The molecule has 26 heavy (non-hydrogen) atoms. The van der Waals surface area contributed by atoms with E-state index in [1.807, 2.05) is 23.1 Å². The quantitative estimate of drug-likeness (QED) is 0.850. The summed E-state index contributed by atoms with van der Waals surface area (Å²) in [6.45, 7) is 3.22. The number of piperazine rings is 1. The molecule has 1 saturated heterocycles. The standard InChI is InChI=1S/C22H26N2O2/c1-26-21-8-3-2-7-20(21)23-11-13-24(14-12-23)22(25)16-17-9-10-18-5-4-6-19(18)15-17/h2-3,7-10,15H,4-6,11-14,16H2,1H3. The molecule has 2 aromatic carbocycles. The Hall–Kier alpha value is -2.49. The molecule has 1 aliphatic heterocycles. The number of methoxy groups -OCH3 is 1. The number of anilines is 1. The molecule has 4 heteroatoms. The van der Waals surface area contributed by atoms with E-state index in [0.29, 0.717) is 6.42 Å². The van der Waals surface area contributed by atoms with Crippen molar-refractivity contribution in [3.63, 3.8) is 0 Å². The van der Waals surface area contributed by atoms with E-state index in [0.717, 1.165) is 49.6 Å². The number of para-hydroxylation sites is 2. The van der Waals surface area contributed by atoms with E-state index >= 15 is 0 Å². The maximum atomic E-state index is 12.7. The Balaban J connectivity index is 1.36. The molecule has 0 bridgehead atoms. The smallest absolute Gasteiger partial charge is 0.227 e. The Morgan fingerprint density at radius 2 is 1.77 bits per heavy atom. The number of rotatable bonds is 4. The first-order chi connectivity index (χ1) is 12.7. The highest BCUT2D eigenvalue weighted by Crippen LogP contribution is 2.28. The lowest BCUT2D eigenvalue weighted by Crippen LogP contribution is -2.49. The first-order valence-corrected chi connectivity index (χ1v) is 9.51. The van der Waals surface area contributed by atoms with Crippen molar-refractivity contribution in [1.29, 1.82) is 0 Å². The van der Waals surface area contributed by atoms with Crippen LogP contribution in [-0.4, -0.2) is 44.1 Å². The molecule has 0 radical (unpaired) electrons. The van der Waals surface area contributed by atoms with Gasteiger partial charge in [-0.1, -0.05) is 30.3 Å². The summed E-state index contributed by atoms with van der Waals surface area (Å²) in [5, 5.41) is 0. The number of aryl methyl sites for hydroxylation is 2. The van der Waals surface area contributed by atoms with Gasteiger partial charge >= 0.3 is 0 Å². The second-order valence-electron chi connectivity index (χ2n) is 7.17. The molecule has 1 fully saturated rings. The molecule has 1 amide bonds. The number of hydrogen-bond acceptors (Lipinski definition) is 3. The first kappa shape index (κ1) is 17.0. The van der Waals surface area contributed by atoms with Gasteiger partial charge in [0.2, 0.25) is 5.91 Å². The molecule has 0 unspecified atom stereocenters. The van der Waals surface area contributed by atoms with Crippen molar-refractivity contribution in [3.8, 4) is 5.75 Å². The van der Waals surface area contributed by atoms with Gasteiger partial charge in [-0.05, 0) is 48.1 Å². The average Bonchev–Trinajstić information content (AvgIpc) is 3.16. The van der Waals surface area contributed by atoms with E-state index in [-0.39, 0.29) is 5.91 Å². The van der Waals surface area contributed by atoms with Gasteiger partial charge in [0.15, 0.2) is 0 Å². The van der Waals surface area contributed by atoms with Crippen LogP contribution in [0.3, 0.4) is 0 Å². The summed E-state index contributed by atoms with van der Waals surface area (Å²) in [6, 6.07) is 14.7. The van der Waals surface area contributed by atoms with Gasteiger partial charge in [0, 0.05) is 26.2 Å². The second kappa shape index (κ2) is 7.40. The number of nitrogens with zero attached hydrogens (tertiary/aromatic N) is 2. The second-order valence-corrected chi connectivity index (χ2v) is 7.17. The van der Waals surface area contributed by atoms with Gasteiger partial charge in [-0.25, -0.2) is 0 Å². The van der Waals surface area contributed by atoms with Crippen molar-refractivity contribution in [1.82, 2.24) is 4.90 Å². The Kier molecular flexibility index (Phi) is 4.83. The third-order valence-electron chi connectivity index (χ3n) is 5.58. The maximum absolute atomic E-state index is 12.7. The predicted octanol–water partition coefficient (Wildman–Crippen LogP) is 3.08. The highest BCUT2D eigenvalue weighted by atomic mass is 16.5. The number of carbonyl (C=O) groups excluding carboxylic acids is 1. The molecule has 2 aromatic rings. The zero-order valence-electron chi connectivity index (χ0n) is 15.4. The lowest BCUT2D eigenvalue weighted by Gasteiger charge is -2.36. The van der Waals surface area contributed by atoms with Crippen LogP contribution in [0.1, 0.15) is 23.1 Å². The van der Waals surface area contributed by atoms with E-state index in [2.05, 4.69) is 29.2 Å². The molecule has 2 aliphatic rings. The van der Waals surface area contributed by atoms with Gasteiger partial charge in [0.25, 0.3) is 0 Å². The first-order valence-electron chi connectivity index (χ1n) is 9.51. The van der Waals surface area contributed by atoms with Crippen LogP contribution < -0.4 is 9.64 Å². The predicted molar refractivity (Wildman–Crippen MR) is 104 cm³/mol. The molecule has 0 aromatic heterocycles. The van der Waals surface area contributed by atoms with Crippen molar-refractivity contribution in [3.05, 3.63) is 59.2 Å². The average molecular weight is 350 g/mol. The van der Waals surface area contributed by atoms with Gasteiger partial charge in [0.1, 0.15) is 5.75 Å². The highest BCUT2D eigenvalue weighted by Gasteiger charge is 2.23. The fraction of sp³-hybridized carbons (Fsp3) is 0.409. The molecule has 0 saturated carbocycles. The van der Waals surface area contributed by atoms with Crippen molar-refractivity contribution >= 4 is 11.6 Å². The Morgan fingerprint density at radius 3 is 2.58 bits per heavy atom. The summed E-state index contributed by atoms with van der Waals surface area (Å²) in [5.74, 6) is 1.13. The van der Waals surface area contributed by atoms with Crippen LogP contribution in [0, 0.1) is 0 Å². The topological polar surface area (TPSA) is 32.8 Å². The number of hydrogen-bond donors (Lipinski definition) is 0. The van der Waals surface area contributed by atoms with Crippen molar-refractivity contribution in [2.45, 2.75) is 25.7 Å². The van der Waals surface area contributed by atoms with Crippen LogP contribution >= 0.6 is 0 Å². The van der Waals surface area contributed by atoms with Crippen LogP contribution in [0.5, 0.6) is 5.75 Å². The lowest BCUT2D eigenvalue weighted by molar-refractivity contribution is -0.130. The molecule has 4 rings (SSSR count). The normalized spacial score (nSPS) is 16.5. The van der Waals surface area contributed by atoms with Crippen molar-refractivity contribution < 1.29 is 9.53 Å². The minimum absolute atomic E-state index is 0.239. The Bertz CT molecular complexity index is 794. The van der Waals surface area contributed by atoms with Crippen LogP contribution in [0.25, 0.3) is 0 Å². The molecular weight excluding hydrogens is 324 g/mol. The molecule has 0 atom stereocenters. The number of fused-ring (bicyclic) bond motifs is 1. The fourth-order valence-corrected chi connectivity index (χ4v) is 4.11. The maximum Gasteiger partial charge on any atom is 0.227 e. The highest BCUT2D eigenvalue weighted by molar-refractivity contribution is 5.79. The van der Waals surface area contributed by atoms with Gasteiger partial charge < -0.3 is 14.5 Å². The fourth-order valence-electron chi connectivity index (χ4n) is 4.11. The molecule has 0 spiro atoms. The number of benzene rings is 2. The summed E-state index contributed by atoms with van der Waals surface area (Å²) in [5.41, 5.74) is 5.17. The number of amides is 1. The number of ether oxygens (including phenoxy) is 1. The molecule has 1 heterocycles. The van der Waals surface area contributed by atoms with E-state index in [1.54, 1.807) is 7.11 Å². The molecule has 0 N–H and O–H groups in total. The summed E-state index contributed by atoms with van der Waals surface area (Å²) >= 11 is 0. The summed E-state index contributed by atoms with van der Waals surface area (Å²) < 4.78 is 5.47. The summed E-state index contributed by atoms with van der Waals surface area (Å²) in [6.07, 6.45) is 4.11. The monoisotopic (exact) mass is 350 g/mol. The van der Waals surface area contributed by atoms with Crippen molar-refractivity contribution in [2.24, 2.45) is 0 Å². The third-order valence-corrected chi connectivity index (χ3v) is 5.58. The van der Waals surface area contributed by atoms with Gasteiger partial charge in [-0.3, -0.25) is 4.79 Å². The minimum atomic E-state index is 0.239. The van der Waals surface area contributed by atoms with E-state index in [1.165, 1.54) is 24.0 Å². The van der Waals surface area contributed by atoms with E-state index < -0.39 is 0 Å². The lowest BCUT2D eigenvalue weighted by atomic mass is 10.0. The van der Waals surface area contributed by atoms with Crippen LogP contribution in [0.15, 0.2) is 42.5 Å².